The molecule has 0 bridgehead atoms. The number of hydrogen-bond donors (Lipinski definition) is 2. The van der Waals surface area contributed by atoms with Gasteiger partial charge < -0.3 is 15.5 Å². The average Bonchev–Trinajstić information content (AvgIpc) is 2.89. The molecule has 2 rings (SSSR count). The molecule has 1 aromatic heterocycles. The molecule has 5 heteroatoms. The second kappa shape index (κ2) is 5.57. The molecule has 0 radical (unpaired) electrons. The number of anilines is 2. The van der Waals surface area contributed by atoms with Crippen LogP contribution in [-0.4, -0.2) is 38.1 Å². The Morgan fingerprint density at radius 2 is 2.32 bits per heavy atom. The Kier molecular flexibility index (Phi) is 4.04. The zero-order valence-electron chi connectivity index (χ0n) is 11.9. The second-order valence-electron chi connectivity index (χ2n) is 5.31. The molecule has 104 valence electrons. The van der Waals surface area contributed by atoms with Crippen molar-refractivity contribution in [2.75, 3.05) is 37.4 Å². The third-order valence-electron chi connectivity index (χ3n) is 3.87. The number of aromatic nitrogens is 1. The van der Waals surface area contributed by atoms with Gasteiger partial charge in [-0.1, -0.05) is 6.92 Å². The van der Waals surface area contributed by atoms with Gasteiger partial charge in [0.2, 0.25) is 5.91 Å². The van der Waals surface area contributed by atoms with E-state index in [1.807, 2.05) is 31.1 Å². The molecular weight excluding hydrogens is 240 g/mol. The largest absolute Gasteiger partial charge is 0.363 e. The lowest BCUT2D eigenvalue weighted by Gasteiger charge is -2.25. The maximum Gasteiger partial charge on any atom is 0.231 e. The van der Waals surface area contributed by atoms with E-state index >= 15 is 0 Å². The summed E-state index contributed by atoms with van der Waals surface area (Å²) in [5.74, 6) is 0.977. The Morgan fingerprint density at radius 3 is 2.79 bits per heavy atom. The van der Waals surface area contributed by atoms with E-state index in [0.29, 0.717) is 0 Å². The van der Waals surface area contributed by atoms with E-state index in [-0.39, 0.29) is 11.3 Å². The van der Waals surface area contributed by atoms with E-state index < -0.39 is 0 Å². The normalized spacial score (nSPS) is 22.3. The summed E-state index contributed by atoms with van der Waals surface area (Å²) in [5.41, 5.74) is 0.496. The number of amides is 1. The van der Waals surface area contributed by atoms with Crippen LogP contribution in [0.4, 0.5) is 11.5 Å². The molecule has 1 aromatic rings. The third kappa shape index (κ3) is 2.87. The number of carbonyl (C=O) groups is 1. The van der Waals surface area contributed by atoms with Crippen molar-refractivity contribution < 1.29 is 4.79 Å². The quantitative estimate of drug-likeness (QED) is 0.863. The molecule has 1 unspecified atom stereocenters. The van der Waals surface area contributed by atoms with E-state index in [9.17, 15) is 4.79 Å². The molecule has 0 aliphatic carbocycles. The Balaban J connectivity index is 2.06. The van der Waals surface area contributed by atoms with Gasteiger partial charge in [0.15, 0.2) is 0 Å². The molecule has 1 saturated heterocycles. The van der Waals surface area contributed by atoms with E-state index in [2.05, 4.69) is 22.5 Å². The Bertz CT molecular complexity index is 435. The fourth-order valence-corrected chi connectivity index (χ4v) is 2.39. The monoisotopic (exact) mass is 262 g/mol. The predicted octanol–water partition coefficient (Wildman–Crippen LogP) is 1.48. The van der Waals surface area contributed by atoms with Crippen molar-refractivity contribution in [3.8, 4) is 0 Å². The molecule has 0 spiro atoms. The fraction of sp³-hybridized carbons (Fsp3) is 0.571. The maximum absolute atomic E-state index is 12.4. The maximum atomic E-state index is 12.4. The van der Waals surface area contributed by atoms with Gasteiger partial charge in [-0.05, 0) is 31.5 Å². The fourth-order valence-electron chi connectivity index (χ4n) is 2.39. The van der Waals surface area contributed by atoms with Gasteiger partial charge in [-0.25, -0.2) is 4.98 Å². The Labute approximate surface area is 114 Å². The molecule has 0 saturated carbocycles. The van der Waals surface area contributed by atoms with Gasteiger partial charge in [-0.3, -0.25) is 4.79 Å². The number of rotatable bonds is 4. The topological polar surface area (TPSA) is 57.3 Å². The highest BCUT2D eigenvalue weighted by Gasteiger charge is 2.39. The van der Waals surface area contributed by atoms with Crippen LogP contribution in [0.2, 0.25) is 0 Å². The highest BCUT2D eigenvalue weighted by Crippen LogP contribution is 2.30. The summed E-state index contributed by atoms with van der Waals surface area (Å²) in [6.45, 7) is 3.75. The molecule has 1 amide bonds. The zero-order valence-corrected chi connectivity index (χ0v) is 11.9. The smallest absolute Gasteiger partial charge is 0.231 e. The van der Waals surface area contributed by atoms with Crippen molar-refractivity contribution in [1.29, 1.82) is 0 Å². The van der Waals surface area contributed by atoms with Gasteiger partial charge in [0.1, 0.15) is 5.82 Å². The molecule has 1 fully saturated rings. The van der Waals surface area contributed by atoms with Crippen LogP contribution >= 0.6 is 0 Å². The van der Waals surface area contributed by atoms with Gasteiger partial charge in [0, 0.05) is 20.6 Å². The predicted molar refractivity (Wildman–Crippen MR) is 77.4 cm³/mol. The Hall–Kier alpha value is -1.62. The zero-order chi connectivity index (χ0) is 13.9. The van der Waals surface area contributed by atoms with Crippen LogP contribution in [0.25, 0.3) is 0 Å². The molecule has 2 N–H and O–H groups in total. The highest BCUT2D eigenvalue weighted by atomic mass is 16.2. The minimum Gasteiger partial charge on any atom is -0.363 e. The van der Waals surface area contributed by atoms with E-state index in [1.165, 1.54) is 0 Å². The molecule has 5 nitrogen and oxygen atoms in total. The first-order valence-corrected chi connectivity index (χ1v) is 6.73. The summed E-state index contributed by atoms with van der Waals surface area (Å²) in [4.78, 5) is 18.6. The molecule has 1 aliphatic heterocycles. The third-order valence-corrected chi connectivity index (χ3v) is 3.87. The Morgan fingerprint density at radius 1 is 1.53 bits per heavy atom. The second-order valence-corrected chi connectivity index (χ2v) is 5.31. The van der Waals surface area contributed by atoms with Crippen molar-refractivity contribution in [3.63, 3.8) is 0 Å². The van der Waals surface area contributed by atoms with Crippen LogP contribution in [0, 0.1) is 5.41 Å². The van der Waals surface area contributed by atoms with Crippen LogP contribution in [0.5, 0.6) is 0 Å². The number of pyridine rings is 1. The molecule has 1 aliphatic rings. The highest BCUT2D eigenvalue weighted by molar-refractivity contribution is 5.95. The summed E-state index contributed by atoms with van der Waals surface area (Å²) >= 11 is 0. The van der Waals surface area contributed by atoms with Gasteiger partial charge in [-0.2, -0.15) is 0 Å². The molecule has 0 aromatic carbocycles. The van der Waals surface area contributed by atoms with Gasteiger partial charge in [0.25, 0.3) is 0 Å². The van der Waals surface area contributed by atoms with E-state index in [0.717, 1.165) is 37.4 Å². The first-order chi connectivity index (χ1) is 9.07. The first-order valence-electron chi connectivity index (χ1n) is 6.73. The van der Waals surface area contributed by atoms with Crippen molar-refractivity contribution in [2.24, 2.45) is 5.41 Å². The molecule has 2 heterocycles. The lowest BCUT2D eigenvalue weighted by atomic mass is 9.83. The van der Waals surface area contributed by atoms with Crippen LogP contribution in [0.15, 0.2) is 18.3 Å². The number of hydrogen-bond acceptors (Lipinski definition) is 4. The van der Waals surface area contributed by atoms with Crippen molar-refractivity contribution in [3.05, 3.63) is 18.3 Å². The van der Waals surface area contributed by atoms with Gasteiger partial charge >= 0.3 is 0 Å². The minimum atomic E-state index is -0.264. The summed E-state index contributed by atoms with van der Waals surface area (Å²) < 4.78 is 0. The number of nitrogens with zero attached hydrogens (tertiary/aromatic N) is 2. The van der Waals surface area contributed by atoms with E-state index in [4.69, 9.17) is 0 Å². The lowest BCUT2D eigenvalue weighted by Crippen LogP contribution is -2.37. The van der Waals surface area contributed by atoms with Gasteiger partial charge in [0.05, 0.1) is 17.3 Å². The standard InChI is InChI=1S/C14H22N4O/c1-4-14(7-8-15-10-14)13(19)17-11-5-6-12(16-9-11)18(2)3/h5-6,9,15H,4,7-8,10H2,1-3H3,(H,17,19). The van der Waals surface area contributed by atoms with Crippen LogP contribution in [0.1, 0.15) is 19.8 Å². The van der Waals surface area contributed by atoms with Crippen LogP contribution in [-0.2, 0) is 4.79 Å². The lowest BCUT2D eigenvalue weighted by molar-refractivity contribution is -0.124. The first kappa shape index (κ1) is 13.8. The summed E-state index contributed by atoms with van der Waals surface area (Å²) in [7, 11) is 3.88. The number of carbonyl (C=O) groups excluding carboxylic acids is 1. The average molecular weight is 262 g/mol. The van der Waals surface area contributed by atoms with Crippen molar-refractivity contribution in [1.82, 2.24) is 10.3 Å². The van der Waals surface area contributed by atoms with Gasteiger partial charge in [-0.15, -0.1) is 0 Å². The van der Waals surface area contributed by atoms with Crippen LogP contribution < -0.4 is 15.5 Å². The SMILES string of the molecule is CCC1(C(=O)Nc2ccc(N(C)C)nc2)CCNC1. The van der Waals surface area contributed by atoms with Crippen molar-refractivity contribution >= 4 is 17.4 Å². The summed E-state index contributed by atoms with van der Waals surface area (Å²) in [5, 5.41) is 6.25. The molecular formula is C14H22N4O. The number of nitrogens with one attached hydrogen (secondary N) is 2. The van der Waals surface area contributed by atoms with Crippen LogP contribution in [0.3, 0.4) is 0 Å². The van der Waals surface area contributed by atoms with Crippen molar-refractivity contribution in [2.45, 2.75) is 19.8 Å². The molecule has 1 atom stereocenters. The summed E-state index contributed by atoms with van der Waals surface area (Å²) in [6, 6.07) is 3.80. The summed E-state index contributed by atoms with van der Waals surface area (Å²) in [6.07, 6.45) is 3.46. The molecule has 19 heavy (non-hydrogen) atoms. The minimum absolute atomic E-state index is 0.0967. The van der Waals surface area contributed by atoms with E-state index in [1.54, 1.807) is 6.20 Å².